The molecule has 1 N–H and O–H groups in total. The summed E-state index contributed by atoms with van der Waals surface area (Å²) < 4.78 is 30.4. The van der Waals surface area contributed by atoms with Crippen molar-refractivity contribution in [2.75, 3.05) is 13.2 Å². The molecule has 2 nitrogen and oxygen atoms in total. The molecule has 1 unspecified atom stereocenters. The van der Waals surface area contributed by atoms with Gasteiger partial charge in [-0.15, -0.1) is 0 Å². The van der Waals surface area contributed by atoms with Crippen molar-refractivity contribution in [1.82, 2.24) is 5.32 Å². The van der Waals surface area contributed by atoms with Crippen LogP contribution in [0.15, 0.2) is 24.3 Å². The zero-order chi connectivity index (χ0) is 12.1. The van der Waals surface area contributed by atoms with Crippen LogP contribution in [0.2, 0.25) is 0 Å². The Labute approximate surface area is 100.0 Å². The molecule has 0 radical (unpaired) electrons. The highest BCUT2D eigenvalue weighted by atomic mass is 19.3. The third kappa shape index (κ3) is 3.75. The van der Waals surface area contributed by atoms with E-state index in [9.17, 15) is 8.78 Å². The predicted octanol–water partition coefficient (Wildman–Crippen LogP) is 2.89. The van der Waals surface area contributed by atoms with E-state index in [2.05, 4.69) is 5.32 Å². The van der Waals surface area contributed by atoms with Gasteiger partial charge in [0.2, 0.25) is 0 Å². The topological polar surface area (TPSA) is 21.3 Å². The van der Waals surface area contributed by atoms with E-state index in [1.165, 1.54) is 6.07 Å². The average molecular weight is 241 g/mol. The van der Waals surface area contributed by atoms with Crippen LogP contribution in [0.1, 0.15) is 30.4 Å². The summed E-state index contributed by atoms with van der Waals surface area (Å²) in [4.78, 5) is 0. The average Bonchev–Trinajstić information content (AvgIpc) is 2.82. The highest BCUT2D eigenvalue weighted by Gasteiger charge is 2.14. The summed E-state index contributed by atoms with van der Waals surface area (Å²) in [5, 5.41) is 3.24. The van der Waals surface area contributed by atoms with Gasteiger partial charge in [-0.3, -0.25) is 0 Å². The fraction of sp³-hybridized carbons (Fsp3) is 0.538. The van der Waals surface area contributed by atoms with E-state index in [-0.39, 0.29) is 11.7 Å². The summed E-state index contributed by atoms with van der Waals surface area (Å²) in [6.45, 7) is 2.24. The highest BCUT2D eigenvalue weighted by molar-refractivity contribution is 5.24. The molecule has 0 bridgehead atoms. The van der Waals surface area contributed by atoms with Crippen LogP contribution >= 0.6 is 0 Å². The molecule has 1 atom stereocenters. The summed E-state index contributed by atoms with van der Waals surface area (Å²) in [6, 6.07) is 6.53. The van der Waals surface area contributed by atoms with Crippen LogP contribution in [-0.4, -0.2) is 19.3 Å². The zero-order valence-corrected chi connectivity index (χ0v) is 9.66. The van der Waals surface area contributed by atoms with Crippen LogP contribution < -0.4 is 5.32 Å². The molecule has 1 heterocycles. The lowest BCUT2D eigenvalue weighted by Gasteiger charge is -2.11. The summed E-state index contributed by atoms with van der Waals surface area (Å²) in [7, 11) is 0. The van der Waals surface area contributed by atoms with Crippen LogP contribution in [0.4, 0.5) is 8.78 Å². The fourth-order valence-corrected chi connectivity index (χ4v) is 2.02. The predicted molar refractivity (Wildman–Crippen MR) is 62.1 cm³/mol. The van der Waals surface area contributed by atoms with Crippen molar-refractivity contribution >= 4 is 0 Å². The number of alkyl halides is 2. The number of ether oxygens (including phenoxy) is 1. The molecular formula is C13H17F2NO. The van der Waals surface area contributed by atoms with Crippen molar-refractivity contribution < 1.29 is 13.5 Å². The quantitative estimate of drug-likeness (QED) is 0.855. The fourth-order valence-electron chi connectivity index (χ4n) is 2.02. The molecule has 17 heavy (non-hydrogen) atoms. The van der Waals surface area contributed by atoms with Crippen LogP contribution in [-0.2, 0) is 11.3 Å². The molecule has 1 aromatic rings. The second-order valence-corrected chi connectivity index (χ2v) is 4.31. The maximum atomic E-state index is 12.5. The number of nitrogens with one attached hydrogen (secondary N) is 1. The Hall–Kier alpha value is -1.00. The lowest BCUT2D eigenvalue weighted by atomic mass is 10.1. The highest BCUT2D eigenvalue weighted by Crippen LogP contribution is 2.19. The first-order valence-electron chi connectivity index (χ1n) is 5.95. The normalized spacial score (nSPS) is 20.1. The minimum absolute atomic E-state index is 0.0846. The van der Waals surface area contributed by atoms with Gasteiger partial charge in [0, 0.05) is 25.3 Å². The van der Waals surface area contributed by atoms with E-state index in [0.29, 0.717) is 6.54 Å². The summed E-state index contributed by atoms with van der Waals surface area (Å²) in [5.41, 5.74) is 0.974. The second kappa shape index (κ2) is 6.07. The number of halogens is 2. The van der Waals surface area contributed by atoms with Crippen molar-refractivity contribution in [2.24, 2.45) is 0 Å². The smallest absolute Gasteiger partial charge is 0.263 e. The SMILES string of the molecule is FC(F)c1cccc(CNCC2CCCO2)c1. The Kier molecular flexibility index (Phi) is 4.45. The molecule has 1 saturated heterocycles. The van der Waals surface area contributed by atoms with Gasteiger partial charge >= 0.3 is 0 Å². The lowest BCUT2D eigenvalue weighted by Crippen LogP contribution is -2.25. The van der Waals surface area contributed by atoms with E-state index in [0.717, 1.165) is 31.6 Å². The molecular weight excluding hydrogens is 224 g/mol. The molecule has 94 valence electrons. The molecule has 0 aromatic heterocycles. The first kappa shape index (κ1) is 12.5. The molecule has 4 heteroatoms. The number of rotatable bonds is 5. The van der Waals surface area contributed by atoms with Crippen molar-refractivity contribution in [3.63, 3.8) is 0 Å². The third-order valence-electron chi connectivity index (χ3n) is 2.93. The molecule has 1 aliphatic rings. The third-order valence-corrected chi connectivity index (χ3v) is 2.93. The Balaban J connectivity index is 1.79. The molecule has 1 aliphatic heterocycles. The molecule has 1 aromatic carbocycles. The summed E-state index contributed by atoms with van der Waals surface area (Å²) in [5.74, 6) is 0. The van der Waals surface area contributed by atoms with E-state index in [1.807, 2.05) is 6.07 Å². The van der Waals surface area contributed by atoms with Gasteiger partial charge in [0.25, 0.3) is 6.43 Å². The minimum atomic E-state index is -2.40. The van der Waals surface area contributed by atoms with Gasteiger partial charge in [0.1, 0.15) is 0 Å². The largest absolute Gasteiger partial charge is 0.377 e. The van der Waals surface area contributed by atoms with Gasteiger partial charge in [-0.2, -0.15) is 0 Å². The minimum Gasteiger partial charge on any atom is -0.377 e. The maximum Gasteiger partial charge on any atom is 0.263 e. The molecule has 0 saturated carbocycles. The number of hydrogen-bond donors (Lipinski definition) is 1. The Morgan fingerprint density at radius 3 is 3.00 bits per heavy atom. The van der Waals surface area contributed by atoms with E-state index in [1.54, 1.807) is 12.1 Å². The van der Waals surface area contributed by atoms with E-state index < -0.39 is 6.43 Å². The first-order valence-corrected chi connectivity index (χ1v) is 5.95. The summed E-state index contributed by atoms with van der Waals surface area (Å²) >= 11 is 0. The van der Waals surface area contributed by atoms with E-state index in [4.69, 9.17) is 4.74 Å². The van der Waals surface area contributed by atoms with Crippen molar-refractivity contribution in [3.05, 3.63) is 35.4 Å². The van der Waals surface area contributed by atoms with Gasteiger partial charge in [-0.25, -0.2) is 8.78 Å². The molecule has 1 fully saturated rings. The van der Waals surface area contributed by atoms with Crippen LogP contribution in [0, 0.1) is 0 Å². The van der Waals surface area contributed by atoms with Gasteiger partial charge in [-0.05, 0) is 24.5 Å². The standard InChI is InChI=1S/C13H17F2NO/c14-13(15)11-4-1-3-10(7-11)8-16-9-12-5-2-6-17-12/h1,3-4,7,12-13,16H,2,5-6,8-9H2. The molecule has 0 amide bonds. The van der Waals surface area contributed by atoms with E-state index >= 15 is 0 Å². The van der Waals surface area contributed by atoms with Gasteiger partial charge < -0.3 is 10.1 Å². The van der Waals surface area contributed by atoms with Crippen LogP contribution in [0.5, 0.6) is 0 Å². The van der Waals surface area contributed by atoms with Crippen LogP contribution in [0.25, 0.3) is 0 Å². The molecule has 0 spiro atoms. The molecule has 2 rings (SSSR count). The van der Waals surface area contributed by atoms with Gasteiger partial charge in [0.05, 0.1) is 6.10 Å². The Morgan fingerprint density at radius 1 is 1.41 bits per heavy atom. The second-order valence-electron chi connectivity index (χ2n) is 4.31. The Bertz CT molecular complexity index is 351. The first-order chi connectivity index (χ1) is 8.25. The van der Waals surface area contributed by atoms with Crippen molar-refractivity contribution in [3.8, 4) is 0 Å². The lowest BCUT2D eigenvalue weighted by molar-refractivity contribution is 0.110. The number of benzene rings is 1. The van der Waals surface area contributed by atoms with Crippen LogP contribution in [0.3, 0.4) is 0 Å². The summed E-state index contributed by atoms with van der Waals surface area (Å²) in [6.07, 6.45) is 0.0958. The van der Waals surface area contributed by atoms with Crippen molar-refractivity contribution in [1.29, 1.82) is 0 Å². The van der Waals surface area contributed by atoms with Gasteiger partial charge in [0.15, 0.2) is 0 Å². The Morgan fingerprint density at radius 2 is 2.29 bits per heavy atom. The zero-order valence-electron chi connectivity index (χ0n) is 9.66. The van der Waals surface area contributed by atoms with Crippen molar-refractivity contribution in [2.45, 2.75) is 31.9 Å². The van der Waals surface area contributed by atoms with Gasteiger partial charge in [-0.1, -0.05) is 18.2 Å². The number of hydrogen-bond acceptors (Lipinski definition) is 2. The maximum absolute atomic E-state index is 12.5. The monoisotopic (exact) mass is 241 g/mol. The molecule has 0 aliphatic carbocycles.